The summed E-state index contributed by atoms with van der Waals surface area (Å²) in [6.07, 6.45) is 0.205. The van der Waals surface area contributed by atoms with Crippen molar-refractivity contribution in [3.63, 3.8) is 0 Å². The van der Waals surface area contributed by atoms with E-state index >= 15 is 0 Å². The lowest BCUT2D eigenvalue weighted by Crippen LogP contribution is -2.40. The van der Waals surface area contributed by atoms with Crippen molar-refractivity contribution in [2.24, 2.45) is 0 Å². The van der Waals surface area contributed by atoms with E-state index in [9.17, 15) is 0 Å². The number of benzene rings is 2. The molecule has 1 heteroatoms. The van der Waals surface area contributed by atoms with Gasteiger partial charge in [-0.3, -0.25) is 6.47 Å². The molecule has 0 fully saturated rings. The van der Waals surface area contributed by atoms with Gasteiger partial charge in [0.2, 0.25) is 0 Å². The second-order valence-electron chi connectivity index (χ2n) is 6.18. The van der Waals surface area contributed by atoms with Crippen LogP contribution in [0.15, 0.2) is 24.3 Å². The average Bonchev–Trinajstić information content (AvgIpc) is 2.25. The molecule has 2 aromatic carbocycles. The molecule has 0 spiro atoms. The van der Waals surface area contributed by atoms with Crippen LogP contribution in [-0.2, 0) is 0 Å². The van der Waals surface area contributed by atoms with Crippen molar-refractivity contribution in [1.29, 1.82) is 0 Å². The highest BCUT2D eigenvalue weighted by molar-refractivity contribution is 6.87. The first-order chi connectivity index (χ1) is 9.31. The maximum absolute atomic E-state index is 4.48. The van der Waals surface area contributed by atoms with Crippen molar-refractivity contribution in [3.05, 3.63) is 57.6 Å². The fourth-order valence-electron chi connectivity index (χ4n) is 3.63. The van der Waals surface area contributed by atoms with Crippen molar-refractivity contribution < 1.29 is 0 Å². The molecule has 0 nitrogen and oxygen atoms in total. The zero-order valence-electron chi connectivity index (χ0n) is 13.6. The lowest BCUT2D eigenvalue weighted by Gasteiger charge is -2.28. The molecular formula is C19H24B-. The Hall–Kier alpha value is -1.63. The van der Waals surface area contributed by atoms with Crippen LogP contribution in [0, 0.1) is 41.5 Å². The average molecular weight is 263 g/mol. The Balaban J connectivity index is 2.64. The summed E-state index contributed by atoms with van der Waals surface area (Å²) in [7, 11) is 0. The number of rotatable bonds is 2. The summed E-state index contributed by atoms with van der Waals surface area (Å²) in [5.41, 5.74) is 10.8. The summed E-state index contributed by atoms with van der Waals surface area (Å²) >= 11 is 0. The molecule has 104 valence electrons. The molecule has 0 saturated carbocycles. The molecule has 0 aliphatic carbocycles. The highest BCUT2D eigenvalue weighted by Crippen LogP contribution is 2.09. The van der Waals surface area contributed by atoms with Gasteiger partial charge in [0, 0.05) is 0 Å². The summed E-state index contributed by atoms with van der Waals surface area (Å²) in [6.45, 7) is 17.6. The molecular weight excluding hydrogens is 239 g/mol. The van der Waals surface area contributed by atoms with Gasteiger partial charge in [0.1, 0.15) is 0 Å². The Morgan fingerprint density at radius 3 is 1.10 bits per heavy atom. The molecule has 2 rings (SSSR count). The van der Waals surface area contributed by atoms with E-state index in [0.29, 0.717) is 0 Å². The summed E-state index contributed by atoms with van der Waals surface area (Å²) in [5, 5.41) is 0. The number of hydrogen-bond acceptors (Lipinski definition) is 0. The fraction of sp³-hybridized carbons (Fsp3) is 0.316. The molecule has 0 heterocycles. The molecule has 2 aromatic rings. The van der Waals surface area contributed by atoms with Crippen LogP contribution in [-0.4, -0.2) is 12.8 Å². The van der Waals surface area contributed by atoms with Crippen molar-refractivity contribution in [3.8, 4) is 0 Å². The lowest BCUT2D eigenvalue weighted by molar-refractivity contribution is 1.34. The minimum absolute atomic E-state index is 0.205. The lowest BCUT2D eigenvalue weighted by atomic mass is 9.49. The zero-order chi connectivity index (χ0) is 15.0. The zero-order valence-corrected chi connectivity index (χ0v) is 13.6. The van der Waals surface area contributed by atoms with Gasteiger partial charge in [0.25, 0.3) is 0 Å². The van der Waals surface area contributed by atoms with Crippen LogP contribution in [0.1, 0.15) is 33.4 Å². The standard InChI is InChI=1S/C19H24B/c1-12-8-14(3)18(15(4)9-12)20(7)19-16(5)10-13(2)11-17(19)6/h8-11H,7H2,1-6H3/q-1. The van der Waals surface area contributed by atoms with Crippen molar-refractivity contribution in [2.45, 2.75) is 41.5 Å². The molecule has 0 amide bonds. The van der Waals surface area contributed by atoms with E-state index in [2.05, 4.69) is 72.3 Å². The largest absolute Gasteiger partial charge is 0.294 e. The predicted octanol–water partition coefficient (Wildman–Crippen LogP) is 3.16. The van der Waals surface area contributed by atoms with Crippen molar-refractivity contribution >= 4 is 23.7 Å². The van der Waals surface area contributed by atoms with Gasteiger partial charge >= 0.3 is 0 Å². The SMILES string of the molecule is C=[B-](c1c(C)cc(C)cc1C)c1c(C)cc(C)cc1C. The van der Waals surface area contributed by atoms with Crippen LogP contribution >= 0.6 is 0 Å². The fourth-order valence-corrected chi connectivity index (χ4v) is 3.63. The first-order valence-electron chi connectivity index (χ1n) is 7.29. The topological polar surface area (TPSA) is 0 Å². The van der Waals surface area contributed by atoms with Gasteiger partial charge in [-0.1, -0.05) is 64.0 Å². The minimum atomic E-state index is 0.205. The molecule has 0 radical (unpaired) electrons. The summed E-state index contributed by atoms with van der Waals surface area (Å²) in [4.78, 5) is 0. The van der Waals surface area contributed by atoms with Gasteiger partial charge in [0.05, 0.1) is 0 Å². The maximum Gasteiger partial charge on any atom is -0.0398 e. The van der Waals surface area contributed by atoms with Crippen LogP contribution in [0.4, 0.5) is 0 Å². The number of aryl methyl sites for hydroxylation is 6. The predicted molar refractivity (Wildman–Crippen MR) is 93.4 cm³/mol. The molecule has 0 unspecified atom stereocenters. The Morgan fingerprint density at radius 2 is 0.850 bits per heavy atom. The molecule has 0 aromatic heterocycles. The van der Waals surface area contributed by atoms with E-state index in [4.69, 9.17) is 0 Å². The van der Waals surface area contributed by atoms with E-state index in [-0.39, 0.29) is 6.35 Å². The van der Waals surface area contributed by atoms with Crippen LogP contribution < -0.4 is 10.9 Å². The van der Waals surface area contributed by atoms with Crippen LogP contribution in [0.3, 0.4) is 0 Å². The van der Waals surface area contributed by atoms with Crippen LogP contribution in [0.25, 0.3) is 0 Å². The van der Waals surface area contributed by atoms with Crippen LogP contribution in [0.2, 0.25) is 0 Å². The Kier molecular flexibility index (Phi) is 3.99. The third-order valence-corrected chi connectivity index (χ3v) is 4.17. The second kappa shape index (κ2) is 5.40. The molecule has 0 aliphatic heterocycles. The molecule has 0 bridgehead atoms. The van der Waals surface area contributed by atoms with Gasteiger partial charge in [-0.25, -0.2) is 10.9 Å². The van der Waals surface area contributed by atoms with Gasteiger partial charge in [-0.05, 0) is 41.5 Å². The molecule has 0 saturated heterocycles. The molecule has 0 aliphatic rings. The maximum atomic E-state index is 4.48. The van der Waals surface area contributed by atoms with Gasteiger partial charge in [0.15, 0.2) is 0 Å². The van der Waals surface area contributed by atoms with Crippen molar-refractivity contribution in [2.75, 3.05) is 0 Å². The normalized spacial score (nSPS) is 10.7. The van der Waals surface area contributed by atoms with E-state index in [1.54, 1.807) is 0 Å². The number of hydrogen-bond donors (Lipinski definition) is 0. The first kappa shape index (κ1) is 14.8. The Bertz CT molecular complexity index is 587. The van der Waals surface area contributed by atoms with Crippen molar-refractivity contribution in [1.82, 2.24) is 0 Å². The third kappa shape index (κ3) is 2.63. The molecule has 0 N–H and O–H groups in total. The Labute approximate surface area is 123 Å². The van der Waals surface area contributed by atoms with E-state index in [1.165, 1.54) is 44.3 Å². The minimum Gasteiger partial charge on any atom is -0.294 e. The van der Waals surface area contributed by atoms with Gasteiger partial charge < -0.3 is 0 Å². The third-order valence-electron chi connectivity index (χ3n) is 4.17. The van der Waals surface area contributed by atoms with E-state index in [1.807, 2.05) is 0 Å². The van der Waals surface area contributed by atoms with E-state index in [0.717, 1.165) is 0 Å². The summed E-state index contributed by atoms with van der Waals surface area (Å²) in [6, 6.07) is 9.05. The summed E-state index contributed by atoms with van der Waals surface area (Å²) < 4.78 is 0. The van der Waals surface area contributed by atoms with Gasteiger partial charge in [-0.15, -0.1) is 0 Å². The Morgan fingerprint density at radius 1 is 0.600 bits per heavy atom. The smallest absolute Gasteiger partial charge is 0.0398 e. The molecule has 0 atom stereocenters. The summed E-state index contributed by atoms with van der Waals surface area (Å²) in [5.74, 6) is 0. The first-order valence-corrected chi connectivity index (χ1v) is 7.29. The van der Waals surface area contributed by atoms with Crippen LogP contribution in [0.5, 0.6) is 0 Å². The van der Waals surface area contributed by atoms with E-state index < -0.39 is 0 Å². The highest BCUT2D eigenvalue weighted by atomic mass is 14.1. The quantitative estimate of drug-likeness (QED) is 0.730. The van der Waals surface area contributed by atoms with Gasteiger partial charge in [-0.2, -0.15) is 0 Å². The monoisotopic (exact) mass is 263 g/mol. The highest BCUT2D eigenvalue weighted by Gasteiger charge is 2.05. The molecule has 20 heavy (non-hydrogen) atoms. The second-order valence-corrected chi connectivity index (χ2v) is 6.18.